The van der Waals surface area contributed by atoms with Crippen molar-refractivity contribution in [2.75, 3.05) is 18.5 Å². The van der Waals surface area contributed by atoms with Gasteiger partial charge in [-0.15, -0.1) is 0 Å². The van der Waals surface area contributed by atoms with Gasteiger partial charge >= 0.3 is 5.97 Å². The summed E-state index contributed by atoms with van der Waals surface area (Å²) in [7, 11) is 0. The minimum atomic E-state index is -0.485. The molecule has 24 heavy (non-hydrogen) atoms. The van der Waals surface area contributed by atoms with Crippen molar-refractivity contribution < 1.29 is 19.1 Å². The van der Waals surface area contributed by atoms with Crippen molar-refractivity contribution in [2.45, 2.75) is 13.3 Å². The van der Waals surface area contributed by atoms with Crippen molar-refractivity contribution in [3.05, 3.63) is 42.0 Å². The van der Waals surface area contributed by atoms with Crippen molar-refractivity contribution in [3.63, 3.8) is 0 Å². The highest BCUT2D eigenvalue weighted by Crippen LogP contribution is 2.08. The van der Waals surface area contributed by atoms with Gasteiger partial charge in [-0.25, -0.2) is 0 Å². The molecule has 1 aromatic carbocycles. The maximum Gasteiger partial charge on any atom is 0.307 e. The Hall–Kier alpha value is -3.16. The molecule has 0 saturated carbocycles. The lowest BCUT2D eigenvalue weighted by molar-refractivity contribution is -0.143. The number of esters is 1. The number of rotatable bonds is 8. The highest BCUT2D eigenvalue weighted by molar-refractivity contribution is 6.03. The average molecular weight is 332 g/mol. The summed E-state index contributed by atoms with van der Waals surface area (Å²) >= 11 is 0. The fourth-order valence-corrected chi connectivity index (χ4v) is 1.65. The van der Waals surface area contributed by atoms with Gasteiger partial charge < -0.3 is 21.1 Å². The van der Waals surface area contributed by atoms with Crippen LogP contribution in [0.25, 0.3) is 0 Å². The Morgan fingerprint density at radius 2 is 1.79 bits per heavy atom. The molecule has 1 aromatic rings. The number of carbonyl (C=O) groups is 3. The van der Waals surface area contributed by atoms with Crippen molar-refractivity contribution in [3.8, 4) is 0 Å². The molecule has 0 bridgehead atoms. The Labute approximate surface area is 139 Å². The van der Waals surface area contributed by atoms with E-state index in [1.165, 1.54) is 0 Å². The standard InChI is InChI=1S/C16H20N4O4/c1-2-24-15(23)9-10-19-13(21)7-8-14(22)20-12-5-3-11(4-6-12)16(17)18/h3-8H,2,9-10H2,1H3,(H3,17,18)(H,19,21)(H,20,22). The van der Waals surface area contributed by atoms with Crippen molar-refractivity contribution >= 4 is 29.3 Å². The molecule has 0 radical (unpaired) electrons. The predicted molar refractivity (Wildman–Crippen MR) is 89.5 cm³/mol. The van der Waals surface area contributed by atoms with Crippen LogP contribution in [0.5, 0.6) is 0 Å². The summed E-state index contributed by atoms with van der Waals surface area (Å²) in [5.74, 6) is -1.42. The largest absolute Gasteiger partial charge is 0.466 e. The van der Waals surface area contributed by atoms with Crippen LogP contribution in [0.2, 0.25) is 0 Å². The molecule has 0 fully saturated rings. The monoisotopic (exact) mass is 332 g/mol. The molecule has 0 heterocycles. The molecule has 0 atom stereocenters. The summed E-state index contributed by atoms with van der Waals surface area (Å²) in [5.41, 5.74) is 6.39. The first-order chi connectivity index (χ1) is 11.4. The normalized spacial score (nSPS) is 10.2. The number of hydrogen-bond donors (Lipinski definition) is 4. The fraction of sp³-hybridized carbons (Fsp3) is 0.250. The summed E-state index contributed by atoms with van der Waals surface area (Å²) in [6.45, 7) is 2.13. The summed E-state index contributed by atoms with van der Waals surface area (Å²) in [6, 6.07) is 6.40. The van der Waals surface area contributed by atoms with E-state index in [4.69, 9.17) is 15.9 Å². The zero-order valence-corrected chi connectivity index (χ0v) is 13.3. The molecule has 0 aliphatic heterocycles. The molecule has 2 amide bonds. The zero-order valence-electron chi connectivity index (χ0n) is 13.3. The third-order valence-corrected chi connectivity index (χ3v) is 2.78. The molecule has 0 aliphatic carbocycles. The highest BCUT2D eigenvalue weighted by Gasteiger charge is 2.04. The number of hydrogen-bond acceptors (Lipinski definition) is 5. The van der Waals surface area contributed by atoms with Gasteiger partial charge in [0.2, 0.25) is 11.8 Å². The Bertz CT molecular complexity index is 638. The van der Waals surface area contributed by atoms with E-state index in [-0.39, 0.29) is 18.8 Å². The third kappa shape index (κ3) is 7.21. The van der Waals surface area contributed by atoms with Gasteiger partial charge in [0.1, 0.15) is 5.84 Å². The van der Waals surface area contributed by atoms with E-state index in [0.717, 1.165) is 12.2 Å². The van der Waals surface area contributed by atoms with Crippen molar-refractivity contribution in [1.29, 1.82) is 5.41 Å². The number of nitrogens with two attached hydrogens (primary N) is 1. The van der Waals surface area contributed by atoms with Crippen LogP contribution in [0.1, 0.15) is 18.9 Å². The van der Waals surface area contributed by atoms with E-state index in [9.17, 15) is 14.4 Å². The van der Waals surface area contributed by atoms with Crippen LogP contribution in [0.4, 0.5) is 5.69 Å². The molecule has 0 aliphatic rings. The highest BCUT2D eigenvalue weighted by atomic mass is 16.5. The van der Waals surface area contributed by atoms with Crippen LogP contribution in [0, 0.1) is 5.41 Å². The molecule has 128 valence electrons. The maximum atomic E-state index is 11.7. The van der Waals surface area contributed by atoms with Gasteiger partial charge in [0.15, 0.2) is 0 Å². The number of amidine groups is 1. The van der Waals surface area contributed by atoms with E-state index in [1.54, 1.807) is 31.2 Å². The second kappa shape index (κ2) is 9.78. The zero-order chi connectivity index (χ0) is 17.9. The molecular formula is C16H20N4O4. The van der Waals surface area contributed by atoms with Crippen LogP contribution in [0.3, 0.4) is 0 Å². The van der Waals surface area contributed by atoms with Crippen LogP contribution >= 0.6 is 0 Å². The summed E-state index contributed by atoms with van der Waals surface area (Å²) < 4.78 is 4.72. The van der Waals surface area contributed by atoms with Crippen LogP contribution in [0.15, 0.2) is 36.4 Å². The van der Waals surface area contributed by atoms with E-state index in [2.05, 4.69) is 10.6 Å². The molecule has 1 rings (SSSR count). The van der Waals surface area contributed by atoms with Gasteiger partial charge in [-0.3, -0.25) is 19.8 Å². The summed E-state index contributed by atoms with van der Waals surface area (Å²) in [4.78, 5) is 34.3. The van der Waals surface area contributed by atoms with Gasteiger partial charge in [0.05, 0.1) is 13.0 Å². The number of anilines is 1. The Morgan fingerprint density at radius 3 is 2.38 bits per heavy atom. The van der Waals surface area contributed by atoms with E-state index in [0.29, 0.717) is 17.9 Å². The van der Waals surface area contributed by atoms with Crippen LogP contribution in [-0.2, 0) is 19.1 Å². The summed E-state index contributed by atoms with van der Waals surface area (Å²) in [6.07, 6.45) is 2.23. The molecular weight excluding hydrogens is 312 g/mol. The number of nitrogens with one attached hydrogen (secondary N) is 3. The fourth-order valence-electron chi connectivity index (χ4n) is 1.65. The quantitative estimate of drug-likeness (QED) is 0.238. The van der Waals surface area contributed by atoms with Gasteiger partial charge in [-0.2, -0.15) is 0 Å². The number of benzene rings is 1. The average Bonchev–Trinajstić information content (AvgIpc) is 2.53. The first kappa shape index (κ1) is 18.9. The van der Waals surface area contributed by atoms with Gasteiger partial charge in [-0.05, 0) is 31.2 Å². The van der Waals surface area contributed by atoms with E-state index in [1.807, 2.05) is 0 Å². The topological polar surface area (TPSA) is 134 Å². The summed E-state index contributed by atoms with van der Waals surface area (Å²) in [5, 5.41) is 12.3. The van der Waals surface area contributed by atoms with E-state index < -0.39 is 17.8 Å². The predicted octanol–water partition coefficient (Wildman–Crippen LogP) is 0.535. The molecule has 0 saturated heterocycles. The van der Waals surface area contributed by atoms with Crippen LogP contribution in [-0.4, -0.2) is 36.8 Å². The second-order valence-corrected chi connectivity index (χ2v) is 4.66. The Kier molecular flexibility index (Phi) is 7.69. The third-order valence-electron chi connectivity index (χ3n) is 2.78. The molecule has 0 spiro atoms. The molecule has 5 N–H and O–H groups in total. The lowest BCUT2D eigenvalue weighted by atomic mass is 10.2. The number of nitrogen functional groups attached to an aromatic ring is 1. The number of amides is 2. The molecule has 0 aromatic heterocycles. The minimum absolute atomic E-state index is 0.0627. The molecule has 8 nitrogen and oxygen atoms in total. The SMILES string of the molecule is CCOC(=O)CCNC(=O)C=CC(=O)Nc1ccc(C(=N)N)cc1. The smallest absolute Gasteiger partial charge is 0.307 e. The minimum Gasteiger partial charge on any atom is -0.466 e. The molecule has 8 heteroatoms. The number of carbonyl (C=O) groups excluding carboxylic acids is 3. The van der Waals surface area contributed by atoms with Gasteiger partial charge in [0.25, 0.3) is 0 Å². The van der Waals surface area contributed by atoms with Crippen molar-refractivity contribution in [1.82, 2.24) is 5.32 Å². The van der Waals surface area contributed by atoms with Gasteiger partial charge in [0, 0.05) is 29.9 Å². The molecule has 0 unspecified atom stereocenters. The Morgan fingerprint density at radius 1 is 1.17 bits per heavy atom. The first-order valence-corrected chi connectivity index (χ1v) is 7.29. The first-order valence-electron chi connectivity index (χ1n) is 7.29. The Balaban J connectivity index is 2.38. The van der Waals surface area contributed by atoms with Crippen molar-refractivity contribution in [2.24, 2.45) is 5.73 Å². The van der Waals surface area contributed by atoms with Gasteiger partial charge in [-0.1, -0.05) is 0 Å². The second-order valence-electron chi connectivity index (χ2n) is 4.66. The van der Waals surface area contributed by atoms with Crippen LogP contribution < -0.4 is 16.4 Å². The van der Waals surface area contributed by atoms with E-state index >= 15 is 0 Å². The maximum absolute atomic E-state index is 11.7. The lowest BCUT2D eigenvalue weighted by Gasteiger charge is -2.04. The number of ether oxygens (including phenoxy) is 1. The lowest BCUT2D eigenvalue weighted by Crippen LogP contribution is -2.25.